The van der Waals surface area contributed by atoms with E-state index in [1.165, 1.54) is 23.9 Å². The molecule has 150 valence electrons. The van der Waals surface area contributed by atoms with Crippen molar-refractivity contribution in [3.8, 4) is 0 Å². The molecular weight excluding hydrogens is 383 g/mol. The number of ether oxygens (including phenoxy) is 1. The van der Waals surface area contributed by atoms with Crippen LogP contribution < -0.4 is 10.6 Å². The summed E-state index contributed by atoms with van der Waals surface area (Å²) in [7, 11) is 0. The molecule has 28 heavy (non-hydrogen) atoms. The molecule has 2 rings (SSSR count). The van der Waals surface area contributed by atoms with E-state index in [4.69, 9.17) is 4.74 Å². The molecule has 7 nitrogen and oxygen atoms in total. The van der Waals surface area contributed by atoms with Crippen LogP contribution in [-0.4, -0.2) is 33.3 Å². The number of anilines is 2. The number of thioether (sulfide) groups is 1. The quantitative estimate of drug-likeness (QED) is 0.568. The van der Waals surface area contributed by atoms with Crippen molar-refractivity contribution in [2.45, 2.75) is 45.4 Å². The van der Waals surface area contributed by atoms with E-state index in [0.29, 0.717) is 5.16 Å². The maximum Gasteiger partial charge on any atom is 0.412 e. The standard InChI is InChI=1S/C19H23FN4O3S/c1-11-8-12(2)22-17(21-11)28-10-16(25)23-15-9-13(20)6-7-14(15)24-18(26)27-19(3,4)5/h6-9H,10H2,1-5H3,(H,23,25)(H,24,26). The third-order valence-corrected chi connectivity index (χ3v) is 4.03. The van der Waals surface area contributed by atoms with Gasteiger partial charge in [-0.15, -0.1) is 0 Å². The van der Waals surface area contributed by atoms with Crippen molar-refractivity contribution in [2.24, 2.45) is 0 Å². The first-order valence-corrected chi connectivity index (χ1v) is 9.55. The summed E-state index contributed by atoms with van der Waals surface area (Å²) in [6.07, 6.45) is -0.701. The summed E-state index contributed by atoms with van der Waals surface area (Å²) in [5.41, 5.74) is 1.30. The van der Waals surface area contributed by atoms with E-state index in [0.717, 1.165) is 17.5 Å². The first kappa shape index (κ1) is 21.6. The molecule has 1 heterocycles. The van der Waals surface area contributed by atoms with Crippen LogP contribution in [0.4, 0.5) is 20.6 Å². The maximum atomic E-state index is 13.6. The Morgan fingerprint density at radius 1 is 1.07 bits per heavy atom. The van der Waals surface area contributed by atoms with Crippen molar-refractivity contribution in [3.63, 3.8) is 0 Å². The molecule has 2 amide bonds. The second kappa shape index (κ2) is 9.01. The van der Waals surface area contributed by atoms with Gasteiger partial charge in [-0.3, -0.25) is 10.1 Å². The molecule has 9 heteroatoms. The van der Waals surface area contributed by atoms with E-state index < -0.39 is 17.5 Å². The lowest BCUT2D eigenvalue weighted by Crippen LogP contribution is -2.27. The predicted molar refractivity (Wildman–Crippen MR) is 107 cm³/mol. The Kier molecular flexibility index (Phi) is 6.95. The molecule has 1 aromatic heterocycles. The minimum atomic E-state index is -0.701. The summed E-state index contributed by atoms with van der Waals surface area (Å²) >= 11 is 1.17. The zero-order valence-electron chi connectivity index (χ0n) is 16.4. The molecule has 0 spiro atoms. The number of aryl methyl sites for hydroxylation is 2. The van der Waals surface area contributed by atoms with Gasteiger partial charge in [0.25, 0.3) is 0 Å². The summed E-state index contributed by atoms with van der Waals surface area (Å²) in [5.74, 6) is -0.897. The maximum absolute atomic E-state index is 13.6. The molecule has 0 saturated carbocycles. The van der Waals surface area contributed by atoms with Crippen molar-refractivity contribution < 1.29 is 18.7 Å². The van der Waals surface area contributed by atoms with Crippen molar-refractivity contribution in [1.29, 1.82) is 0 Å². The first-order chi connectivity index (χ1) is 13.0. The van der Waals surface area contributed by atoms with Gasteiger partial charge in [0.2, 0.25) is 5.91 Å². The van der Waals surface area contributed by atoms with Crippen LogP contribution in [0.25, 0.3) is 0 Å². The topological polar surface area (TPSA) is 93.2 Å². The fourth-order valence-electron chi connectivity index (χ4n) is 2.22. The lowest BCUT2D eigenvalue weighted by atomic mass is 10.2. The summed E-state index contributed by atoms with van der Waals surface area (Å²) < 4.78 is 18.8. The van der Waals surface area contributed by atoms with Crippen LogP contribution in [0.15, 0.2) is 29.4 Å². The number of carbonyl (C=O) groups excluding carboxylic acids is 2. The predicted octanol–water partition coefficient (Wildman–Crippen LogP) is 4.31. The van der Waals surface area contributed by atoms with Gasteiger partial charge in [-0.05, 0) is 58.9 Å². The number of rotatable bonds is 5. The normalized spacial score (nSPS) is 11.1. The number of halogens is 1. The molecule has 0 atom stereocenters. The SMILES string of the molecule is Cc1cc(C)nc(SCC(=O)Nc2cc(F)ccc2NC(=O)OC(C)(C)C)n1. The van der Waals surface area contributed by atoms with Gasteiger partial charge in [0.1, 0.15) is 11.4 Å². The Bertz CT molecular complexity index is 864. The van der Waals surface area contributed by atoms with E-state index in [2.05, 4.69) is 20.6 Å². The lowest BCUT2D eigenvalue weighted by Gasteiger charge is -2.20. The summed E-state index contributed by atoms with van der Waals surface area (Å²) in [5, 5.41) is 5.59. The van der Waals surface area contributed by atoms with Crippen LogP contribution in [0.1, 0.15) is 32.2 Å². The number of hydrogen-bond acceptors (Lipinski definition) is 6. The number of carbonyl (C=O) groups is 2. The molecule has 0 bridgehead atoms. The first-order valence-electron chi connectivity index (χ1n) is 8.56. The van der Waals surface area contributed by atoms with Crippen molar-refractivity contribution >= 4 is 35.1 Å². The zero-order chi connectivity index (χ0) is 20.9. The number of nitrogens with one attached hydrogen (secondary N) is 2. The highest BCUT2D eigenvalue weighted by Crippen LogP contribution is 2.24. The zero-order valence-corrected chi connectivity index (χ0v) is 17.2. The molecular formula is C19H23FN4O3S. The highest BCUT2D eigenvalue weighted by atomic mass is 32.2. The molecule has 0 aliphatic rings. The van der Waals surface area contributed by atoms with Gasteiger partial charge in [0.05, 0.1) is 17.1 Å². The summed E-state index contributed by atoms with van der Waals surface area (Å²) in [4.78, 5) is 32.8. The van der Waals surface area contributed by atoms with Gasteiger partial charge in [-0.25, -0.2) is 19.2 Å². The van der Waals surface area contributed by atoms with Gasteiger partial charge in [0.15, 0.2) is 5.16 Å². The molecule has 0 unspecified atom stereocenters. The van der Waals surface area contributed by atoms with E-state index in [-0.39, 0.29) is 23.0 Å². The molecule has 0 aliphatic carbocycles. The third-order valence-electron chi connectivity index (χ3n) is 3.19. The van der Waals surface area contributed by atoms with Crippen LogP contribution in [-0.2, 0) is 9.53 Å². The number of benzene rings is 1. The second-order valence-corrected chi connectivity index (χ2v) is 8.03. The minimum absolute atomic E-state index is 0.0330. The third kappa shape index (κ3) is 7.15. The highest BCUT2D eigenvalue weighted by molar-refractivity contribution is 7.99. The van der Waals surface area contributed by atoms with E-state index in [1.807, 2.05) is 19.9 Å². The lowest BCUT2D eigenvalue weighted by molar-refractivity contribution is -0.113. The molecule has 2 N–H and O–H groups in total. The van der Waals surface area contributed by atoms with Gasteiger partial charge < -0.3 is 10.1 Å². The van der Waals surface area contributed by atoms with Crippen molar-refractivity contribution in [2.75, 3.05) is 16.4 Å². The van der Waals surface area contributed by atoms with Gasteiger partial charge in [0, 0.05) is 11.4 Å². The van der Waals surface area contributed by atoms with Crippen molar-refractivity contribution in [1.82, 2.24) is 9.97 Å². The fourth-order valence-corrected chi connectivity index (χ4v) is 2.97. The minimum Gasteiger partial charge on any atom is -0.444 e. The Morgan fingerprint density at radius 3 is 2.32 bits per heavy atom. The Morgan fingerprint density at radius 2 is 1.71 bits per heavy atom. The van der Waals surface area contributed by atoms with E-state index in [9.17, 15) is 14.0 Å². The van der Waals surface area contributed by atoms with Gasteiger partial charge in [-0.2, -0.15) is 0 Å². The van der Waals surface area contributed by atoms with Crippen LogP contribution >= 0.6 is 11.8 Å². The largest absolute Gasteiger partial charge is 0.444 e. The van der Waals surface area contributed by atoms with E-state index in [1.54, 1.807) is 20.8 Å². The van der Waals surface area contributed by atoms with Gasteiger partial charge in [-0.1, -0.05) is 11.8 Å². The van der Waals surface area contributed by atoms with Crippen molar-refractivity contribution in [3.05, 3.63) is 41.5 Å². The fraction of sp³-hybridized carbons (Fsp3) is 0.368. The average molecular weight is 406 g/mol. The Balaban J connectivity index is 2.04. The Hall–Kier alpha value is -2.68. The van der Waals surface area contributed by atoms with Crippen LogP contribution in [0, 0.1) is 19.7 Å². The smallest absolute Gasteiger partial charge is 0.412 e. The molecule has 0 aliphatic heterocycles. The van der Waals surface area contributed by atoms with Gasteiger partial charge >= 0.3 is 6.09 Å². The average Bonchev–Trinajstić information content (AvgIpc) is 2.53. The van der Waals surface area contributed by atoms with Crippen LogP contribution in [0.2, 0.25) is 0 Å². The number of hydrogen-bond donors (Lipinski definition) is 2. The number of nitrogens with zero attached hydrogens (tertiary/aromatic N) is 2. The Labute approximate surface area is 167 Å². The van der Waals surface area contributed by atoms with Crippen LogP contribution in [0.3, 0.4) is 0 Å². The van der Waals surface area contributed by atoms with Crippen LogP contribution in [0.5, 0.6) is 0 Å². The second-order valence-electron chi connectivity index (χ2n) is 7.09. The number of amides is 2. The summed E-state index contributed by atoms with van der Waals surface area (Å²) in [6, 6.07) is 5.50. The number of aromatic nitrogens is 2. The summed E-state index contributed by atoms with van der Waals surface area (Å²) in [6.45, 7) is 8.88. The van der Waals surface area contributed by atoms with E-state index >= 15 is 0 Å². The highest BCUT2D eigenvalue weighted by Gasteiger charge is 2.18. The molecule has 1 aromatic carbocycles. The molecule has 0 radical (unpaired) electrons. The molecule has 2 aromatic rings. The monoisotopic (exact) mass is 406 g/mol. The molecule has 0 saturated heterocycles. The molecule has 0 fully saturated rings.